The summed E-state index contributed by atoms with van der Waals surface area (Å²) in [6.45, 7) is 7.96. The molecular weight excluding hydrogens is 200 g/mol. The number of carbonyl (C=O) groups excluding carboxylic acids is 1. The minimum atomic E-state index is -0.540. The van der Waals surface area contributed by atoms with Gasteiger partial charge < -0.3 is 4.74 Å². The van der Waals surface area contributed by atoms with E-state index in [1.807, 2.05) is 20.8 Å². The van der Waals surface area contributed by atoms with Gasteiger partial charge in [-0.3, -0.25) is 4.79 Å². The summed E-state index contributed by atoms with van der Waals surface area (Å²) in [6, 6.07) is 0. The molecule has 0 saturated carbocycles. The van der Waals surface area contributed by atoms with Crippen LogP contribution in [-0.4, -0.2) is 17.3 Å². The van der Waals surface area contributed by atoms with Crippen LogP contribution in [0.25, 0.3) is 0 Å². The highest BCUT2D eigenvalue weighted by atomic mass is 35.5. The van der Waals surface area contributed by atoms with Gasteiger partial charge in [-0.05, 0) is 26.2 Å². The van der Waals surface area contributed by atoms with Crippen molar-refractivity contribution in [1.29, 1.82) is 0 Å². The molecule has 0 aromatic rings. The molecule has 1 aliphatic rings. The first-order chi connectivity index (χ1) is 6.49. The second-order valence-electron chi connectivity index (χ2n) is 3.98. The molecule has 0 aromatic carbocycles. The molecule has 0 aliphatic heterocycles. The highest BCUT2D eigenvalue weighted by Gasteiger charge is 2.41. The summed E-state index contributed by atoms with van der Waals surface area (Å²) < 4.78 is 5.53. The van der Waals surface area contributed by atoms with E-state index in [9.17, 15) is 4.79 Å². The van der Waals surface area contributed by atoms with Gasteiger partial charge >= 0.3 is 0 Å². The molecule has 14 heavy (non-hydrogen) atoms. The van der Waals surface area contributed by atoms with E-state index in [0.717, 1.165) is 12.0 Å². The lowest BCUT2D eigenvalue weighted by atomic mass is 9.83. The van der Waals surface area contributed by atoms with Crippen molar-refractivity contribution in [1.82, 2.24) is 0 Å². The molecule has 0 heterocycles. The molecule has 0 fully saturated rings. The zero-order valence-corrected chi connectivity index (χ0v) is 9.89. The van der Waals surface area contributed by atoms with Gasteiger partial charge in [-0.1, -0.05) is 13.8 Å². The fourth-order valence-electron chi connectivity index (χ4n) is 1.50. The van der Waals surface area contributed by atoms with Gasteiger partial charge in [0, 0.05) is 5.57 Å². The molecule has 0 radical (unpaired) electrons. The zero-order valence-electron chi connectivity index (χ0n) is 9.13. The lowest BCUT2D eigenvalue weighted by molar-refractivity contribution is -0.118. The summed E-state index contributed by atoms with van der Waals surface area (Å²) in [4.78, 5) is 11.5. The minimum absolute atomic E-state index is 0.0386. The van der Waals surface area contributed by atoms with E-state index in [4.69, 9.17) is 16.3 Å². The van der Waals surface area contributed by atoms with E-state index < -0.39 is 5.38 Å². The maximum Gasteiger partial charge on any atom is 0.188 e. The molecule has 0 amide bonds. The van der Waals surface area contributed by atoms with Crippen molar-refractivity contribution in [3.63, 3.8) is 0 Å². The smallest absolute Gasteiger partial charge is 0.188 e. The van der Waals surface area contributed by atoms with Crippen molar-refractivity contribution >= 4 is 17.4 Å². The first-order valence-corrected chi connectivity index (χ1v) is 5.51. The predicted octanol–water partition coefficient (Wildman–Crippen LogP) is 2.90. The maximum absolute atomic E-state index is 11.5. The molecule has 80 valence electrons. The third-order valence-electron chi connectivity index (χ3n) is 2.46. The third-order valence-corrected chi connectivity index (χ3v) is 2.86. The maximum atomic E-state index is 11.5. The lowest BCUT2D eigenvalue weighted by Gasteiger charge is -2.31. The van der Waals surface area contributed by atoms with Gasteiger partial charge in [0.1, 0.15) is 5.76 Å². The molecule has 0 N–H and O–H groups in total. The Balaban J connectivity index is 2.85. The van der Waals surface area contributed by atoms with Crippen molar-refractivity contribution < 1.29 is 9.53 Å². The number of ketones is 1. The fraction of sp³-hybridized carbons (Fsp3) is 0.727. The van der Waals surface area contributed by atoms with Gasteiger partial charge in [-0.15, -0.1) is 11.6 Å². The molecular formula is C11H17ClO2. The Morgan fingerprint density at radius 3 is 2.43 bits per heavy atom. The van der Waals surface area contributed by atoms with Crippen LogP contribution in [0.2, 0.25) is 0 Å². The third kappa shape index (κ3) is 1.95. The normalized spacial score (nSPS) is 23.9. The van der Waals surface area contributed by atoms with Crippen LogP contribution >= 0.6 is 11.6 Å². The number of rotatable bonds is 4. The monoisotopic (exact) mass is 216 g/mol. The Hall–Kier alpha value is -0.500. The van der Waals surface area contributed by atoms with Crippen molar-refractivity contribution in [2.45, 2.75) is 45.6 Å². The van der Waals surface area contributed by atoms with Crippen molar-refractivity contribution in [3.05, 3.63) is 11.3 Å². The first-order valence-electron chi connectivity index (χ1n) is 5.08. The molecule has 3 heteroatoms. The summed E-state index contributed by atoms with van der Waals surface area (Å²) in [6.07, 6.45) is 1.02. The van der Waals surface area contributed by atoms with Crippen LogP contribution in [0.4, 0.5) is 0 Å². The molecule has 0 bridgehead atoms. The zero-order chi connectivity index (χ0) is 10.9. The predicted molar refractivity (Wildman–Crippen MR) is 57.4 cm³/mol. The number of hydrogen-bond donors (Lipinski definition) is 0. The van der Waals surface area contributed by atoms with Crippen molar-refractivity contribution in [2.24, 2.45) is 5.92 Å². The van der Waals surface area contributed by atoms with Gasteiger partial charge in [0.15, 0.2) is 11.2 Å². The number of allylic oxidation sites excluding steroid dienone is 2. The molecule has 0 spiro atoms. The van der Waals surface area contributed by atoms with Gasteiger partial charge in [-0.25, -0.2) is 0 Å². The van der Waals surface area contributed by atoms with E-state index in [1.165, 1.54) is 0 Å². The number of ether oxygens (including phenoxy) is 1. The van der Waals surface area contributed by atoms with E-state index in [-0.39, 0.29) is 17.8 Å². The average molecular weight is 217 g/mol. The molecule has 2 atom stereocenters. The van der Waals surface area contributed by atoms with Crippen molar-refractivity contribution in [3.8, 4) is 0 Å². The summed E-state index contributed by atoms with van der Waals surface area (Å²) in [7, 11) is 0. The highest BCUT2D eigenvalue weighted by Crippen LogP contribution is 2.36. The Labute approximate surface area is 90.3 Å². The number of halogens is 1. The van der Waals surface area contributed by atoms with Gasteiger partial charge in [0.2, 0.25) is 0 Å². The number of carbonyl (C=O) groups is 1. The SMILES string of the molecule is CCC(C)C1=C(OC(C)C)C(Cl)C1=O. The minimum Gasteiger partial charge on any atom is -0.493 e. The molecule has 0 saturated heterocycles. The van der Waals surface area contributed by atoms with Gasteiger partial charge in [0.25, 0.3) is 0 Å². The number of Topliss-reactive ketones (excluding diaryl/α,β-unsaturated/α-hetero) is 1. The summed E-state index contributed by atoms with van der Waals surface area (Å²) in [5, 5.41) is -0.540. The van der Waals surface area contributed by atoms with Crippen LogP contribution in [0.15, 0.2) is 11.3 Å². The van der Waals surface area contributed by atoms with E-state index >= 15 is 0 Å². The van der Waals surface area contributed by atoms with Crippen LogP contribution in [0, 0.1) is 5.92 Å². The first kappa shape index (κ1) is 11.6. The number of hydrogen-bond acceptors (Lipinski definition) is 2. The summed E-state index contributed by atoms with van der Waals surface area (Å²) in [5.41, 5.74) is 0.793. The molecule has 2 nitrogen and oxygen atoms in total. The Kier molecular flexibility index (Phi) is 3.59. The Bertz CT molecular complexity index is 268. The fourth-order valence-corrected chi connectivity index (χ4v) is 1.79. The van der Waals surface area contributed by atoms with Crippen LogP contribution < -0.4 is 0 Å². The van der Waals surface area contributed by atoms with Gasteiger partial charge in [-0.2, -0.15) is 0 Å². The summed E-state index contributed by atoms with van der Waals surface area (Å²) >= 11 is 5.87. The summed E-state index contributed by atoms with van der Waals surface area (Å²) in [5.74, 6) is 0.990. The molecule has 1 aliphatic carbocycles. The standard InChI is InChI=1S/C11H17ClO2/c1-5-7(4)8-10(13)9(12)11(8)14-6(2)3/h6-7,9H,5H2,1-4H3. The van der Waals surface area contributed by atoms with Crippen molar-refractivity contribution in [2.75, 3.05) is 0 Å². The topological polar surface area (TPSA) is 26.3 Å². The Morgan fingerprint density at radius 2 is 2.00 bits per heavy atom. The van der Waals surface area contributed by atoms with E-state index in [0.29, 0.717) is 5.76 Å². The highest BCUT2D eigenvalue weighted by molar-refractivity contribution is 6.39. The van der Waals surface area contributed by atoms with Crippen LogP contribution in [0.1, 0.15) is 34.1 Å². The van der Waals surface area contributed by atoms with E-state index in [1.54, 1.807) is 0 Å². The van der Waals surface area contributed by atoms with Gasteiger partial charge in [0.05, 0.1) is 6.10 Å². The quantitative estimate of drug-likeness (QED) is 0.676. The molecule has 2 unspecified atom stereocenters. The Morgan fingerprint density at radius 1 is 1.43 bits per heavy atom. The van der Waals surface area contributed by atoms with Crippen LogP contribution in [0.5, 0.6) is 0 Å². The second kappa shape index (κ2) is 4.35. The molecule has 0 aromatic heterocycles. The molecule has 1 rings (SSSR count). The second-order valence-corrected chi connectivity index (χ2v) is 4.42. The average Bonchev–Trinajstić information content (AvgIpc) is 2.15. The largest absolute Gasteiger partial charge is 0.493 e. The van der Waals surface area contributed by atoms with E-state index in [2.05, 4.69) is 6.92 Å². The lowest BCUT2D eigenvalue weighted by Crippen LogP contribution is -2.37. The van der Waals surface area contributed by atoms with Crippen LogP contribution in [0.3, 0.4) is 0 Å². The van der Waals surface area contributed by atoms with Crippen LogP contribution in [-0.2, 0) is 9.53 Å². The number of alkyl halides is 1.